The number of nitrogens with two attached hydrogens (primary N) is 1. The average molecular weight is 334 g/mol. The second kappa shape index (κ2) is 7.63. The van der Waals surface area contributed by atoms with Gasteiger partial charge in [0.15, 0.2) is 0 Å². The summed E-state index contributed by atoms with van der Waals surface area (Å²) in [6.07, 6.45) is 0.0886. The van der Waals surface area contributed by atoms with Gasteiger partial charge in [0, 0.05) is 26.1 Å². The molecule has 1 amide bonds. The lowest BCUT2D eigenvalue weighted by Crippen LogP contribution is -2.34. The summed E-state index contributed by atoms with van der Waals surface area (Å²) >= 11 is 5.88. The largest absolute Gasteiger partial charge is 0.398 e. The fourth-order valence-electron chi connectivity index (χ4n) is 1.91. The van der Waals surface area contributed by atoms with Crippen LogP contribution in [0, 0.1) is 0 Å². The van der Waals surface area contributed by atoms with Crippen LogP contribution in [0.3, 0.4) is 0 Å². The summed E-state index contributed by atoms with van der Waals surface area (Å²) in [5.74, 6) is -0.102. The number of anilines is 1. The fourth-order valence-corrected chi connectivity index (χ4v) is 3.61. The summed E-state index contributed by atoms with van der Waals surface area (Å²) < 4.78 is 26.7. The molecule has 0 atom stereocenters. The number of hydrogen-bond acceptors (Lipinski definition) is 4. The van der Waals surface area contributed by atoms with Crippen LogP contribution in [-0.4, -0.2) is 38.9 Å². The predicted octanol–water partition coefficient (Wildman–Crippen LogP) is 1.46. The number of nitrogen functional groups attached to an aromatic ring is 1. The van der Waals surface area contributed by atoms with Crippen molar-refractivity contribution in [1.29, 1.82) is 0 Å². The first-order chi connectivity index (χ1) is 9.83. The van der Waals surface area contributed by atoms with Crippen LogP contribution in [-0.2, 0) is 14.8 Å². The van der Waals surface area contributed by atoms with E-state index in [1.165, 1.54) is 12.1 Å². The number of nitrogens with one attached hydrogen (secondary N) is 1. The normalized spacial score (nSPS) is 11.4. The Bertz CT molecular complexity index is 580. The maximum Gasteiger partial charge on any atom is 0.244 e. The summed E-state index contributed by atoms with van der Waals surface area (Å²) in [6.45, 7) is 4.94. The third kappa shape index (κ3) is 4.59. The lowest BCUT2D eigenvalue weighted by atomic mass is 10.3. The Kier molecular flexibility index (Phi) is 6.44. The molecule has 1 rings (SSSR count). The summed E-state index contributed by atoms with van der Waals surface area (Å²) in [7, 11) is -3.83. The first-order valence-electron chi connectivity index (χ1n) is 6.64. The van der Waals surface area contributed by atoms with Gasteiger partial charge in [-0.2, -0.15) is 0 Å². The summed E-state index contributed by atoms with van der Waals surface area (Å²) in [6, 6.07) is 4.48. The maximum atomic E-state index is 12.2. The van der Waals surface area contributed by atoms with Crippen LogP contribution in [0.4, 0.5) is 5.69 Å². The van der Waals surface area contributed by atoms with Gasteiger partial charge in [0.1, 0.15) is 4.90 Å². The quantitative estimate of drug-likeness (QED) is 0.739. The molecule has 1 aromatic carbocycles. The van der Waals surface area contributed by atoms with Crippen molar-refractivity contribution in [3.63, 3.8) is 0 Å². The van der Waals surface area contributed by atoms with E-state index in [4.69, 9.17) is 17.3 Å². The van der Waals surface area contributed by atoms with Crippen molar-refractivity contribution in [3.05, 3.63) is 23.2 Å². The van der Waals surface area contributed by atoms with Crippen molar-refractivity contribution in [2.24, 2.45) is 0 Å². The highest BCUT2D eigenvalue weighted by Gasteiger charge is 2.21. The van der Waals surface area contributed by atoms with Crippen molar-refractivity contribution in [2.45, 2.75) is 25.2 Å². The topological polar surface area (TPSA) is 92.5 Å². The molecule has 0 saturated heterocycles. The van der Waals surface area contributed by atoms with E-state index in [1.807, 2.05) is 13.8 Å². The fraction of sp³-hybridized carbons (Fsp3) is 0.462. The minimum Gasteiger partial charge on any atom is -0.398 e. The zero-order valence-electron chi connectivity index (χ0n) is 12.1. The Morgan fingerprint density at radius 3 is 2.48 bits per heavy atom. The van der Waals surface area contributed by atoms with Gasteiger partial charge in [-0.25, -0.2) is 13.1 Å². The third-order valence-corrected chi connectivity index (χ3v) is 5.02. The Hall–Kier alpha value is -1.31. The smallest absolute Gasteiger partial charge is 0.244 e. The van der Waals surface area contributed by atoms with E-state index in [-0.39, 0.29) is 34.5 Å². The highest BCUT2D eigenvalue weighted by Crippen LogP contribution is 2.26. The number of sulfonamides is 1. The average Bonchev–Trinajstić information content (AvgIpc) is 2.39. The van der Waals surface area contributed by atoms with Gasteiger partial charge in [-0.1, -0.05) is 17.7 Å². The molecule has 0 unspecified atom stereocenters. The number of carbonyl (C=O) groups excluding carboxylic acids is 1. The van der Waals surface area contributed by atoms with Crippen molar-refractivity contribution < 1.29 is 13.2 Å². The molecule has 0 aliphatic heterocycles. The Morgan fingerprint density at radius 1 is 1.33 bits per heavy atom. The number of hydrogen-bond donors (Lipinski definition) is 2. The van der Waals surface area contributed by atoms with Crippen molar-refractivity contribution >= 4 is 33.2 Å². The lowest BCUT2D eigenvalue weighted by Gasteiger charge is -2.18. The molecule has 0 saturated carbocycles. The Morgan fingerprint density at radius 2 is 1.95 bits per heavy atom. The molecule has 118 valence electrons. The Labute approximate surface area is 130 Å². The lowest BCUT2D eigenvalue weighted by molar-refractivity contribution is -0.130. The highest BCUT2D eigenvalue weighted by molar-refractivity contribution is 7.89. The molecule has 1 aromatic rings. The van der Waals surface area contributed by atoms with Crippen LogP contribution in [0.25, 0.3) is 0 Å². The van der Waals surface area contributed by atoms with E-state index in [2.05, 4.69) is 4.72 Å². The van der Waals surface area contributed by atoms with Crippen LogP contribution in [0.2, 0.25) is 5.02 Å². The molecule has 3 N–H and O–H groups in total. The van der Waals surface area contributed by atoms with Crippen molar-refractivity contribution in [3.8, 4) is 0 Å². The second-order valence-electron chi connectivity index (χ2n) is 4.37. The van der Waals surface area contributed by atoms with E-state index >= 15 is 0 Å². The first-order valence-corrected chi connectivity index (χ1v) is 8.51. The minimum absolute atomic E-state index is 0.00231. The van der Waals surface area contributed by atoms with Gasteiger partial charge >= 0.3 is 0 Å². The van der Waals surface area contributed by atoms with Gasteiger partial charge in [0.2, 0.25) is 15.9 Å². The standard InChI is InChI=1S/C13H20ClN3O3S/c1-3-17(4-2)12(18)8-9-16-21(19,20)13-10(14)6-5-7-11(13)15/h5-7,16H,3-4,8-9,15H2,1-2H3. The van der Waals surface area contributed by atoms with E-state index in [0.29, 0.717) is 13.1 Å². The molecule has 0 spiro atoms. The SMILES string of the molecule is CCN(CC)C(=O)CCNS(=O)(=O)c1c(N)cccc1Cl. The predicted molar refractivity (Wildman–Crippen MR) is 83.6 cm³/mol. The highest BCUT2D eigenvalue weighted by atomic mass is 35.5. The van der Waals surface area contributed by atoms with E-state index in [1.54, 1.807) is 11.0 Å². The second-order valence-corrected chi connectivity index (χ2v) is 6.48. The molecule has 0 radical (unpaired) electrons. The number of benzene rings is 1. The van der Waals surface area contributed by atoms with Crippen LogP contribution < -0.4 is 10.5 Å². The Balaban J connectivity index is 2.73. The zero-order chi connectivity index (χ0) is 16.0. The van der Waals surface area contributed by atoms with Gasteiger partial charge < -0.3 is 10.6 Å². The summed E-state index contributed by atoms with van der Waals surface area (Å²) in [5.41, 5.74) is 5.73. The van der Waals surface area contributed by atoms with Gasteiger partial charge in [0.05, 0.1) is 10.7 Å². The minimum atomic E-state index is -3.83. The van der Waals surface area contributed by atoms with Gasteiger partial charge in [-0.3, -0.25) is 4.79 Å². The number of amides is 1. The molecule has 0 aliphatic carbocycles. The molecule has 6 nitrogen and oxygen atoms in total. The van der Waals surface area contributed by atoms with Gasteiger partial charge in [-0.15, -0.1) is 0 Å². The van der Waals surface area contributed by atoms with Crippen molar-refractivity contribution in [1.82, 2.24) is 9.62 Å². The molecular weight excluding hydrogens is 314 g/mol. The number of halogens is 1. The molecule has 0 aliphatic rings. The maximum absolute atomic E-state index is 12.2. The zero-order valence-corrected chi connectivity index (χ0v) is 13.7. The molecule has 0 fully saturated rings. The number of carbonyl (C=O) groups is 1. The summed E-state index contributed by atoms with van der Waals surface area (Å²) in [4.78, 5) is 13.3. The van der Waals surface area contributed by atoms with Crippen LogP contribution in [0.1, 0.15) is 20.3 Å². The van der Waals surface area contributed by atoms with Gasteiger partial charge in [0.25, 0.3) is 0 Å². The van der Waals surface area contributed by atoms with Crippen LogP contribution in [0.5, 0.6) is 0 Å². The number of nitrogens with zero attached hydrogens (tertiary/aromatic N) is 1. The molecule has 0 heterocycles. The van der Waals surface area contributed by atoms with E-state index in [0.717, 1.165) is 0 Å². The molecule has 8 heteroatoms. The number of rotatable bonds is 7. The summed E-state index contributed by atoms with van der Waals surface area (Å²) in [5, 5.41) is 0.0533. The van der Waals surface area contributed by atoms with Crippen LogP contribution >= 0.6 is 11.6 Å². The third-order valence-electron chi connectivity index (χ3n) is 3.01. The van der Waals surface area contributed by atoms with Crippen molar-refractivity contribution in [2.75, 3.05) is 25.4 Å². The monoisotopic (exact) mass is 333 g/mol. The molecule has 0 bridgehead atoms. The van der Waals surface area contributed by atoms with Gasteiger partial charge in [-0.05, 0) is 26.0 Å². The molecule has 21 heavy (non-hydrogen) atoms. The molecule has 0 aromatic heterocycles. The van der Waals surface area contributed by atoms with E-state index in [9.17, 15) is 13.2 Å². The van der Waals surface area contributed by atoms with Crippen LogP contribution in [0.15, 0.2) is 23.1 Å². The molecular formula is C13H20ClN3O3S. The van der Waals surface area contributed by atoms with E-state index < -0.39 is 10.0 Å². The first kappa shape index (κ1) is 17.7.